The minimum atomic E-state index is -1.26. The molecule has 0 aliphatic carbocycles. The quantitative estimate of drug-likeness (QED) is 0.379. The van der Waals surface area contributed by atoms with Gasteiger partial charge in [-0.25, -0.2) is 14.4 Å². The maximum absolute atomic E-state index is 11.8. The van der Waals surface area contributed by atoms with Gasteiger partial charge in [0.2, 0.25) is 0 Å². The molecule has 0 aliphatic heterocycles. The van der Waals surface area contributed by atoms with Crippen LogP contribution in [0.25, 0.3) is 0 Å². The number of carbonyl (C=O) groups excluding carboxylic acids is 2. The standard InChI is InChI=1S/C18H25NO7/c1-4-6-10-24-17(22)19-14-9-8-13(16(20)21)15(12(14)3)26-18(23)25-11-7-5-2/h8-9H,4-7,10-11H2,1-3H3,(H,19,22)(H,20,21). The fourth-order valence-corrected chi connectivity index (χ4v) is 1.99. The molecule has 0 saturated heterocycles. The first-order valence-electron chi connectivity index (χ1n) is 8.55. The molecule has 144 valence electrons. The second kappa shape index (κ2) is 11.0. The molecule has 0 aromatic heterocycles. The number of carboxylic acid groups (broad SMARTS) is 1. The lowest BCUT2D eigenvalue weighted by Crippen LogP contribution is -2.18. The van der Waals surface area contributed by atoms with Gasteiger partial charge in [0.1, 0.15) is 5.56 Å². The molecule has 1 aromatic rings. The van der Waals surface area contributed by atoms with Crippen molar-refractivity contribution in [2.24, 2.45) is 0 Å². The van der Waals surface area contributed by atoms with Crippen molar-refractivity contribution in [1.29, 1.82) is 0 Å². The van der Waals surface area contributed by atoms with E-state index in [1.165, 1.54) is 19.1 Å². The Balaban J connectivity index is 2.93. The Labute approximate surface area is 152 Å². The smallest absolute Gasteiger partial charge is 0.478 e. The van der Waals surface area contributed by atoms with Crippen LogP contribution in [0.1, 0.15) is 55.5 Å². The van der Waals surface area contributed by atoms with Crippen LogP contribution in [0.5, 0.6) is 5.75 Å². The lowest BCUT2D eigenvalue weighted by atomic mass is 10.1. The van der Waals surface area contributed by atoms with E-state index in [0.717, 1.165) is 19.3 Å². The largest absolute Gasteiger partial charge is 0.513 e. The van der Waals surface area contributed by atoms with Gasteiger partial charge in [0, 0.05) is 5.56 Å². The van der Waals surface area contributed by atoms with Crippen molar-refractivity contribution >= 4 is 23.9 Å². The molecule has 0 bridgehead atoms. The molecule has 26 heavy (non-hydrogen) atoms. The van der Waals surface area contributed by atoms with Crippen molar-refractivity contribution in [1.82, 2.24) is 0 Å². The number of hydrogen-bond donors (Lipinski definition) is 2. The van der Waals surface area contributed by atoms with Crippen molar-refractivity contribution < 1.29 is 33.7 Å². The SMILES string of the molecule is CCCCOC(=O)Nc1ccc(C(=O)O)c(OC(=O)OCCCC)c1C. The van der Waals surface area contributed by atoms with Gasteiger partial charge in [0.25, 0.3) is 0 Å². The molecule has 0 unspecified atom stereocenters. The van der Waals surface area contributed by atoms with E-state index in [2.05, 4.69) is 5.32 Å². The van der Waals surface area contributed by atoms with Crippen molar-refractivity contribution in [3.63, 3.8) is 0 Å². The summed E-state index contributed by atoms with van der Waals surface area (Å²) in [5.41, 5.74) is 0.359. The summed E-state index contributed by atoms with van der Waals surface area (Å²) < 4.78 is 15.0. The maximum atomic E-state index is 11.8. The van der Waals surface area contributed by atoms with Crippen LogP contribution in [0.4, 0.5) is 15.3 Å². The Morgan fingerprint density at radius 2 is 1.65 bits per heavy atom. The number of amides is 1. The van der Waals surface area contributed by atoms with Crippen LogP contribution in [0.15, 0.2) is 12.1 Å². The highest BCUT2D eigenvalue weighted by Crippen LogP contribution is 2.30. The predicted octanol–water partition coefficient (Wildman–Crippen LogP) is 4.36. The lowest BCUT2D eigenvalue weighted by molar-refractivity contribution is 0.0689. The minimum Gasteiger partial charge on any atom is -0.478 e. The number of anilines is 1. The Hall–Kier alpha value is -2.77. The predicted molar refractivity (Wildman–Crippen MR) is 94.9 cm³/mol. The summed E-state index contributed by atoms with van der Waals surface area (Å²) in [5.74, 6) is -1.44. The highest BCUT2D eigenvalue weighted by Gasteiger charge is 2.21. The van der Waals surface area contributed by atoms with Gasteiger partial charge in [-0.1, -0.05) is 26.7 Å². The molecule has 8 heteroatoms. The molecule has 0 aliphatic rings. The molecule has 0 atom stereocenters. The summed E-state index contributed by atoms with van der Waals surface area (Å²) in [6.07, 6.45) is 1.48. The first-order chi connectivity index (χ1) is 12.4. The second-order valence-electron chi connectivity index (χ2n) is 5.59. The van der Waals surface area contributed by atoms with Gasteiger partial charge >= 0.3 is 18.2 Å². The number of carbonyl (C=O) groups is 3. The number of aromatic carboxylic acids is 1. The van der Waals surface area contributed by atoms with E-state index >= 15 is 0 Å². The fraction of sp³-hybridized carbons (Fsp3) is 0.500. The van der Waals surface area contributed by atoms with E-state index in [9.17, 15) is 19.5 Å². The first kappa shape index (κ1) is 21.3. The van der Waals surface area contributed by atoms with Gasteiger partial charge in [-0.2, -0.15) is 0 Å². The van der Waals surface area contributed by atoms with Crippen molar-refractivity contribution in [2.75, 3.05) is 18.5 Å². The zero-order valence-electron chi connectivity index (χ0n) is 15.3. The van der Waals surface area contributed by atoms with E-state index < -0.39 is 18.2 Å². The van der Waals surface area contributed by atoms with E-state index in [-0.39, 0.29) is 35.8 Å². The van der Waals surface area contributed by atoms with Crippen molar-refractivity contribution in [3.05, 3.63) is 23.3 Å². The molecule has 1 amide bonds. The number of nitrogens with one attached hydrogen (secondary N) is 1. The number of hydrogen-bond acceptors (Lipinski definition) is 6. The summed E-state index contributed by atoms with van der Waals surface area (Å²) in [6.45, 7) is 5.90. The van der Waals surface area contributed by atoms with E-state index in [0.29, 0.717) is 6.42 Å². The van der Waals surface area contributed by atoms with Crippen LogP contribution in [-0.2, 0) is 9.47 Å². The Morgan fingerprint density at radius 1 is 1.04 bits per heavy atom. The number of unbranched alkanes of at least 4 members (excludes halogenated alkanes) is 2. The average Bonchev–Trinajstić information content (AvgIpc) is 2.58. The van der Waals surface area contributed by atoms with Crippen molar-refractivity contribution in [3.8, 4) is 5.75 Å². The third-order valence-electron chi connectivity index (χ3n) is 3.51. The fourth-order valence-electron chi connectivity index (χ4n) is 1.99. The van der Waals surface area contributed by atoms with Crippen LogP contribution in [0, 0.1) is 6.92 Å². The molecule has 1 rings (SSSR count). The zero-order valence-corrected chi connectivity index (χ0v) is 15.3. The molecular weight excluding hydrogens is 342 g/mol. The molecule has 0 saturated carbocycles. The van der Waals surface area contributed by atoms with Crippen LogP contribution >= 0.6 is 0 Å². The van der Waals surface area contributed by atoms with Gasteiger partial charge < -0.3 is 19.3 Å². The van der Waals surface area contributed by atoms with Crippen LogP contribution in [0.2, 0.25) is 0 Å². The Kier molecular flexibility index (Phi) is 8.97. The molecule has 0 heterocycles. The first-order valence-corrected chi connectivity index (χ1v) is 8.55. The molecule has 8 nitrogen and oxygen atoms in total. The van der Waals surface area contributed by atoms with Crippen LogP contribution < -0.4 is 10.1 Å². The van der Waals surface area contributed by atoms with Gasteiger partial charge in [-0.05, 0) is 31.9 Å². The summed E-state index contributed by atoms with van der Waals surface area (Å²) in [7, 11) is 0. The van der Waals surface area contributed by atoms with Crippen molar-refractivity contribution in [2.45, 2.75) is 46.5 Å². The van der Waals surface area contributed by atoms with Gasteiger partial charge in [0.05, 0.1) is 18.9 Å². The second-order valence-corrected chi connectivity index (χ2v) is 5.59. The molecule has 0 radical (unpaired) electrons. The highest BCUT2D eigenvalue weighted by atomic mass is 16.7. The Morgan fingerprint density at radius 3 is 2.23 bits per heavy atom. The maximum Gasteiger partial charge on any atom is 0.513 e. The topological polar surface area (TPSA) is 111 Å². The summed E-state index contributed by atoms with van der Waals surface area (Å²) >= 11 is 0. The van der Waals surface area contributed by atoms with Gasteiger partial charge in [-0.15, -0.1) is 0 Å². The Bertz CT molecular complexity index is 643. The van der Waals surface area contributed by atoms with Crippen LogP contribution in [-0.4, -0.2) is 36.5 Å². The van der Waals surface area contributed by atoms with Gasteiger partial charge in [0.15, 0.2) is 5.75 Å². The zero-order chi connectivity index (χ0) is 19.5. The molecule has 2 N–H and O–H groups in total. The summed E-state index contributed by atoms with van der Waals surface area (Å²) in [4.78, 5) is 34.9. The average molecular weight is 367 g/mol. The molecule has 0 spiro atoms. The third kappa shape index (κ3) is 6.62. The lowest BCUT2D eigenvalue weighted by Gasteiger charge is -2.15. The van der Waals surface area contributed by atoms with E-state index in [4.69, 9.17) is 14.2 Å². The molecule has 1 aromatic carbocycles. The monoisotopic (exact) mass is 367 g/mol. The number of rotatable bonds is 9. The van der Waals surface area contributed by atoms with Crippen LogP contribution in [0.3, 0.4) is 0 Å². The van der Waals surface area contributed by atoms with E-state index in [1.807, 2.05) is 13.8 Å². The summed E-state index contributed by atoms with van der Waals surface area (Å²) in [5, 5.41) is 11.8. The minimum absolute atomic E-state index is 0.176. The third-order valence-corrected chi connectivity index (χ3v) is 3.51. The molecule has 0 fully saturated rings. The number of benzene rings is 1. The van der Waals surface area contributed by atoms with Gasteiger partial charge in [-0.3, -0.25) is 5.32 Å². The number of ether oxygens (including phenoxy) is 3. The summed E-state index contributed by atoms with van der Waals surface area (Å²) in [6, 6.07) is 2.65. The number of carboxylic acids is 1. The van der Waals surface area contributed by atoms with E-state index in [1.54, 1.807) is 0 Å². The highest BCUT2D eigenvalue weighted by molar-refractivity contribution is 5.95. The normalized spacial score (nSPS) is 10.1. The molecular formula is C18H25NO7.